The zero-order chi connectivity index (χ0) is 10.6. The highest BCUT2D eigenvalue weighted by Crippen LogP contribution is 2.12. The molecule has 2 unspecified atom stereocenters. The van der Waals surface area contributed by atoms with E-state index in [1.807, 2.05) is 6.92 Å². The van der Waals surface area contributed by atoms with Gasteiger partial charge in [-0.1, -0.05) is 18.7 Å². The van der Waals surface area contributed by atoms with Crippen molar-refractivity contribution in [3.8, 4) is 0 Å². The van der Waals surface area contributed by atoms with Gasteiger partial charge in [0.1, 0.15) is 6.04 Å². The van der Waals surface area contributed by atoms with Gasteiger partial charge in [0.25, 0.3) is 5.24 Å². The summed E-state index contributed by atoms with van der Waals surface area (Å²) in [6.07, 6.45) is 0.825. The molecule has 4 N–H and O–H groups in total. The van der Waals surface area contributed by atoms with E-state index >= 15 is 0 Å². The predicted octanol–water partition coefficient (Wildman–Crippen LogP) is -0.335. The molecule has 6 heteroatoms. The molecule has 2 amide bonds. The van der Waals surface area contributed by atoms with Crippen molar-refractivity contribution in [2.24, 2.45) is 5.73 Å². The molecule has 0 aromatic carbocycles. The van der Waals surface area contributed by atoms with E-state index in [0.29, 0.717) is 12.3 Å². The van der Waals surface area contributed by atoms with Crippen LogP contribution < -0.4 is 16.4 Å². The van der Waals surface area contributed by atoms with Crippen LogP contribution in [0.2, 0.25) is 0 Å². The monoisotopic (exact) mass is 217 g/mol. The van der Waals surface area contributed by atoms with Gasteiger partial charge < -0.3 is 16.4 Å². The Balaban J connectivity index is 2.25. The molecule has 1 saturated heterocycles. The first-order valence-corrected chi connectivity index (χ1v) is 5.58. The number of hydrogen-bond donors (Lipinski definition) is 3. The maximum Gasteiger partial charge on any atom is 0.279 e. The Morgan fingerprint density at radius 2 is 2.57 bits per heavy atom. The summed E-state index contributed by atoms with van der Waals surface area (Å²) in [7, 11) is 0. The van der Waals surface area contributed by atoms with Gasteiger partial charge in [-0.25, -0.2) is 0 Å². The second kappa shape index (κ2) is 5.21. The van der Waals surface area contributed by atoms with Crippen LogP contribution >= 0.6 is 11.8 Å². The highest BCUT2D eigenvalue weighted by atomic mass is 32.2. The molecule has 1 aliphatic heterocycles. The van der Waals surface area contributed by atoms with Crippen molar-refractivity contribution in [1.82, 2.24) is 10.6 Å². The van der Waals surface area contributed by atoms with Crippen LogP contribution in [0, 0.1) is 0 Å². The summed E-state index contributed by atoms with van der Waals surface area (Å²) in [6.45, 7) is 2.43. The summed E-state index contributed by atoms with van der Waals surface area (Å²) >= 11 is 1.13. The number of nitrogens with two attached hydrogens (primary N) is 1. The summed E-state index contributed by atoms with van der Waals surface area (Å²) in [5, 5.41) is 5.14. The Morgan fingerprint density at radius 1 is 1.86 bits per heavy atom. The van der Waals surface area contributed by atoms with E-state index in [1.165, 1.54) is 0 Å². The Kier molecular flexibility index (Phi) is 4.21. The smallest absolute Gasteiger partial charge is 0.279 e. The molecule has 1 fully saturated rings. The molecule has 80 valence electrons. The number of nitrogens with one attached hydrogen (secondary N) is 2. The summed E-state index contributed by atoms with van der Waals surface area (Å²) in [4.78, 5) is 22.2. The lowest BCUT2D eigenvalue weighted by molar-refractivity contribution is -0.122. The van der Waals surface area contributed by atoms with Crippen LogP contribution in [-0.4, -0.2) is 35.5 Å². The maximum absolute atomic E-state index is 11.4. The number of thioether (sulfide) groups is 1. The number of carbonyl (C=O) groups is 2. The Hall–Kier alpha value is -0.750. The summed E-state index contributed by atoms with van der Waals surface area (Å²) in [5.41, 5.74) is 5.64. The predicted molar refractivity (Wildman–Crippen MR) is 56.1 cm³/mol. The average molecular weight is 217 g/mol. The Bertz CT molecular complexity index is 235. The van der Waals surface area contributed by atoms with Crippen LogP contribution in [-0.2, 0) is 4.79 Å². The van der Waals surface area contributed by atoms with Crippen molar-refractivity contribution in [3.05, 3.63) is 0 Å². The molecule has 5 nitrogen and oxygen atoms in total. The van der Waals surface area contributed by atoms with Crippen molar-refractivity contribution in [2.75, 3.05) is 12.3 Å². The summed E-state index contributed by atoms with van der Waals surface area (Å²) in [5.74, 6) is 0.360. The van der Waals surface area contributed by atoms with Gasteiger partial charge >= 0.3 is 0 Å². The zero-order valence-electron chi connectivity index (χ0n) is 8.08. The molecule has 0 bridgehead atoms. The van der Waals surface area contributed by atoms with Gasteiger partial charge in [-0.05, 0) is 6.42 Å². The van der Waals surface area contributed by atoms with Gasteiger partial charge in [0, 0.05) is 18.3 Å². The maximum atomic E-state index is 11.4. The minimum Gasteiger partial charge on any atom is -0.353 e. The van der Waals surface area contributed by atoms with Gasteiger partial charge in [-0.3, -0.25) is 9.59 Å². The third kappa shape index (κ3) is 3.19. The first kappa shape index (κ1) is 11.3. The third-order valence-electron chi connectivity index (χ3n) is 2.05. The number of carbonyl (C=O) groups excluding carboxylic acids is 2. The van der Waals surface area contributed by atoms with Crippen LogP contribution in [0.25, 0.3) is 0 Å². The quantitative estimate of drug-likeness (QED) is 0.602. The molecule has 14 heavy (non-hydrogen) atoms. The standard InChI is InChI=1S/C8H15N3O2S/c1-2-5(9)3-10-7(12)6-4-14-8(13)11-6/h5-6H,2-4,9H2,1H3,(H,10,12)(H,11,13). The second-order valence-corrected chi connectivity index (χ2v) is 4.20. The first-order chi connectivity index (χ1) is 6.63. The molecule has 0 spiro atoms. The van der Waals surface area contributed by atoms with Crippen molar-refractivity contribution in [1.29, 1.82) is 0 Å². The molecule has 1 rings (SSSR count). The largest absolute Gasteiger partial charge is 0.353 e. The van der Waals surface area contributed by atoms with Crippen molar-refractivity contribution >= 4 is 22.9 Å². The van der Waals surface area contributed by atoms with Gasteiger partial charge in [0.2, 0.25) is 5.91 Å². The van der Waals surface area contributed by atoms with Crippen LogP contribution in [0.4, 0.5) is 4.79 Å². The summed E-state index contributed by atoms with van der Waals surface area (Å²) < 4.78 is 0. The normalized spacial score (nSPS) is 23.0. The fourth-order valence-corrected chi connectivity index (χ4v) is 1.80. The fourth-order valence-electron chi connectivity index (χ4n) is 1.03. The first-order valence-electron chi connectivity index (χ1n) is 4.60. The number of hydrogen-bond acceptors (Lipinski definition) is 4. The van der Waals surface area contributed by atoms with E-state index in [9.17, 15) is 9.59 Å². The highest BCUT2D eigenvalue weighted by Gasteiger charge is 2.27. The number of amides is 2. The zero-order valence-corrected chi connectivity index (χ0v) is 8.89. The lowest BCUT2D eigenvalue weighted by atomic mass is 10.2. The van der Waals surface area contributed by atoms with Crippen LogP contribution in [0.15, 0.2) is 0 Å². The highest BCUT2D eigenvalue weighted by molar-refractivity contribution is 8.14. The second-order valence-electron chi connectivity index (χ2n) is 3.21. The molecule has 0 saturated carbocycles. The van der Waals surface area contributed by atoms with E-state index in [-0.39, 0.29) is 17.2 Å². The minimum absolute atomic E-state index is 0.0105. The molecule has 2 atom stereocenters. The average Bonchev–Trinajstić information content (AvgIpc) is 2.60. The van der Waals surface area contributed by atoms with Gasteiger partial charge in [-0.15, -0.1) is 0 Å². The fraction of sp³-hybridized carbons (Fsp3) is 0.750. The van der Waals surface area contributed by atoms with E-state index in [0.717, 1.165) is 18.2 Å². The molecule has 0 aromatic heterocycles. The van der Waals surface area contributed by atoms with E-state index in [2.05, 4.69) is 10.6 Å². The van der Waals surface area contributed by atoms with Crippen molar-refractivity contribution < 1.29 is 9.59 Å². The Labute approximate surface area is 87.2 Å². The number of rotatable bonds is 4. The third-order valence-corrected chi connectivity index (χ3v) is 2.93. The topological polar surface area (TPSA) is 84.2 Å². The van der Waals surface area contributed by atoms with E-state index in [4.69, 9.17) is 5.73 Å². The van der Waals surface area contributed by atoms with E-state index in [1.54, 1.807) is 0 Å². The van der Waals surface area contributed by atoms with Crippen molar-refractivity contribution in [2.45, 2.75) is 25.4 Å². The van der Waals surface area contributed by atoms with E-state index < -0.39 is 6.04 Å². The van der Waals surface area contributed by atoms with Crippen molar-refractivity contribution in [3.63, 3.8) is 0 Å². The van der Waals surface area contributed by atoms with Crippen LogP contribution in [0.1, 0.15) is 13.3 Å². The molecule has 0 aliphatic carbocycles. The molecule has 1 heterocycles. The van der Waals surface area contributed by atoms with Gasteiger partial charge in [-0.2, -0.15) is 0 Å². The van der Waals surface area contributed by atoms with Crippen LogP contribution in [0.5, 0.6) is 0 Å². The van der Waals surface area contributed by atoms with Gasteiger partial charge in [0.15, 0.2) is 0 Å². The molecular weight excluding hydrogens is 202 g/mol. The van der Waals surface area contributed by atoms with Crippen LogP contribution in [0.3, 0.4) is 0 Å². The minimum atomic E-state index is -0.392. The SMILES string of the molecule is CCC(N)CNC(=O)C1CSC(=O)N1. The molecule has 1 aliphatic rings. The van der Waals surface area contributed by atoms with Gasteiger partial charge in [0.05, 0.1) is 0 Å². The molecule has 0 radical (unpaired) electrons. The molecule has 0 aromatic rings. The summed E-state index contributed by atoms with van der Waals surface area (Å²) in [6, 6.07) is -0.403. The lowest BCUT2D eigenvalue weighted by Crippen LogP contribution is -2.46. The Morgan fingerprint density at radius 3 is 3.07 bits per heavy atom. The lowest BCUT2D eigenvalue weighted by Gasteiger charge is -2.13. The molecular formula is C8H15N3O2S.